The molecule has 0 amide bonds. The number of aliphatic hydroxyl groups is 2. The third kappa shape index (κ3) is 11.2. The van der Waals surface area contributed by atoms with E-state index in [1.807, 2.05) is 196 Å². The Hall–Kier alpha value is -7.20. The minimum absolute atomic E-state index is 0.0398. The van der Waals surface area contributed by atoms with E-state index in [2.05, 4.69) is 25.7 Å². The van der Waals surface area contributed by atoms with Crippen molar-refractivity contribution in [1.29, 1.82) is 0 Å². The number of benzene rings is 8. The molecule has 74 heavy (non-hydrogen) atoms. The summed E-state index contributed by atoms with van der Waals surface area (Å²) in [5, 5.41) is 25.9. The summed E-state index contributed by atoms with van der Waals surface area (Å²) in [5.41, 5.74) is 5.95. The van der Waals surface area contributed by atoms with Crippen molar-refractivity contribution in [2.75, 3.05) is 25.5 Å². The highest BCUT2D eigenvalue weighted by molar-refractivity contribution is 7.68. The standard InChI is InChI=1S/C45H42O8P2.C12H8O2P.C4H6/c1-45(2,31-19-23-35(24-20-31)50-27-33(46)29-54(48)43-17-9-5-13-39(43)37-11-3-7-15-41(37)52-54)32-21-25-36(26-22-32)51-28-34(47)30-55(49)44-18-10-6-14-40(44)38-12-4-8-16-42(38)53-55;13-15-12-8-4-2-6-10(12)9-5-1-3-7-11(9)14-15;1-3-4-2/h3-26,33-34,46-47H,27-30H2,1-2H3;1-8H;1-2H3/q;+1;. The van der Waals surface area contributed by atoms with Crippen molar-refractivity contribution in [2.24, 2.45) is 0 Å². The van der Waals surface area contributed by atoms with E-state index in [0.717, 1.165) is 49.3 Å². The number of hydrogen-bond acceptors (Lipinski definition) is 10. The fourth-order valence-electron chi connectivity index (χ4n) is 9.14. The zero-order valence-corrected chi connectivity index (χ0v) is 44.1. The van der Waals surface area contributed by atoms with Crippen LogP contribution in [0, 0.1) is 11.8 Å². The molecule has 10 nitrogen and oxygen atoms in total. The van der Waals surface area contributed by atoms with Crippen molar-refractivity contribution < 1.29 is 46.6 Å². The molecule has 9 aromatic rings. The first-order chi connectivity index (χ1) is 35.8. The number of para-hydroxylation sites is 3. The van der Waals surface area contributed by atoms with Gasteiger partial charge < -0.3 is 28.7 Å². The lowest BCUT2D eigenvalue weighted by atomic mass is 9.78. The first kappa shape index (κ1) is 51.7. The summed E-state index contributed by atoms with van der Waals surface area (Å²) in [6.45, 7) is 7.81. The largest absolute Gasteiger partial charge is 0.597 e. The molecule has 1 aromatic heterocycles. The van der Waals surface area contributed by atoms with Crippen LogP contribution < -0.4 is 29.1 Å². The monoisotopic (exact) mass is 1040 g/mol. The molecular formula is C61H56O10P3+. The van der Waals surface area contributed by atoms with Gasteiger partial charge in [0.2, 0.25) is 5.12 Å². The molecule has 0 bridgehead atoms. The van der Waals surface area contributed by atoms with Gasteiger partial charge >= 0.3 is 7.65 Å². The predicted octanol–water partition coefficient (Wildman–Crippen LogP) is 14.2. The molecule has 0 radical (unpaired) electrons. The third-order valence-corrected chi connectivity index (χ3v) is 19.2. The van der Waals surface area contributed by atoms with Crippen LogP contribution in [0.5, 0.6) is 23.0 Å². The topological polar surface area (TPSA) is 142 Å². The summed E-state index contributed by atoms with van der Waals surface area (Å²) in [5.74, 6) is 7.64. The van der Waals surface area contributed by atoms with Crippen LogP contribution in [-0.2, 0) is 19.1 Å². The van der Waals surface area contributed by atoms with Crippen LogP contribution in [0.3, 0.4) is 0 Å². The summed E-state index contributed by atoms with van der Waals surface area (Å²) >= 11 is 0. The smallest absolute Gasteiger partial charge is 0.491 e. The molecule has 8 aromatic carbocycles. The average molecular weight is 1040 g/mol. The molecule has 2 aliphatic rings. The summed E-state index contributed by atoms with van der Waals surface area (Å²) in [6.07, 6.45) is -2.16. The fraction of sp³-hybridized carbons (Fsp3) is 0.180. The van der Waals surface area contributed by atoms with Gasteiger partial charge in [0, 0.05) is 27.3 Å². The van der Waals surface area contributed by atoms with Crippen LogP contribution in [0.2, 0.25) is 0 Å². The second kappa shape index (κ2) is 22.5. The summed E-state index contributed by atoms with van der Waals surface area (Å²) in [6, 6.07) is 60.8. The Labute approximate surface area is 432 Å². The third-order valence-electron chi connectivity index (χ3n) is 13.0. The number of fused-ring (bicyclic) bond motifs is 9. The van der Waals surface area contributed by atoms with E-state index in [-0.39, 0.29) is 31.0 Å². The Kier molecular flexibility index (Phi) is 15.7. The molecule has 11 rings (SSSR count). The minimum atomic E-state index is -3.39. The lowest BCUT2D eigenvalue weighted by Crippen LogP contribution is -2.28. The predicted molar refractivity (Wildman–Crippen MR) is 298 cm³/mol. The molecule has 0 fully saturated rings. The van der Waals surface area contributed by atoms with Crippen LogP contribution in [0.25, 0.3) is 43.7 Å². The second-order valence-electron chi connectivity index (χ2n) is 18.4. The molecule has 374 valence electrons. The number of aliphatic hydroxyl groups excluding tert-OH is 2. The van der Waals surface area contributed by atoms with Gasteiger partial charge in [0.05, 0.1) is 35.1 Å². The van der Waals surface area contributed by atoms with Gasteiger partial charge in [0.25, 0.3) is 14.7 Å². The van der Waals surface area contributed by atoms with E-state index in [4.69, 9.17) is 22.7 Å². The van der Waals surface area contributed by atoms with E-state index < -0.39 is 34.6 Å². The number of rotatable bonds is 12. The number of ether oxygens (including phenoxy) is 2. The van der Waals surface area contributed by atoms with Crippen molar-refractivity contribution in [3.8, 4) is 57.1 Å². The van der Waals surface area contributed by atoms with Crippen LogP contribution in [-0.4, -0.2) is 48.0 Å². The maximum Gasteiger partial charge on any atom is 0.597 e. The maximum atomic E-state index is 14.1. The lowest BCUT2D eigenvalue weighted by molar-refractivity contribution is 0.123. The Morgan fingerprint density at radius 3 is 1.38 bits per heavy atom. The Morgan fingerprint density at radius 1 is 0.514 bits per heavy atom. The lowest BCUT2D eigenvalue weighted by Gasteiger charge is -2.30. The molecule has 0 saturated carbocycles. The van der Waals surface area contributed by atoms with Crippen molar-refractivity contribution in [3.63, 3.8) is 0 Å². The van der Waals surface area contributed by atoms with Gasteiger partial charge in [-0.1, -0.05) is 141 Å². The zero-order valence-electron chi connectivity index (χ0n) is 41.5. The highest BCUT2D eigenvalue weighted by atomic mass is 31.2. The van der Waals surface area contributed by atoms with Crippen molar-refractivity contribution in [2.45, 2.75) is 45.3 Å². The average Bonchev–Trinajstić information content (AvgIpc) is 3.42. The Balaban J connectivity index is 0.000000295. The van der Waals surface area contributed by atoms with E-state index in [1.54, 1.807) is 12.1 Å². The van der Waals surface area contributed by atoms with Crippen LogP contribution in [0.4, 0.5) is 0 Å². The molecule has 5 atom stereocenters. The molecule has 0 aliphatic carbocycles. The molecular weight excluding hydrogens is 986 g/mol. The van der Waals surface area contributed by atoms with Gasteiger partial charge in [-0.05, 0) is 107 Å². The number of hydrogen-bond donors (Lipinski definition) is 2. The van der Waals surface area contributed by atoms with Gasteiger partial charge in [-0.2, -0.15) is 0 Å². The molecule has 0 spiro atoms. The van der Waals surface area contributed by atoms with Crippen molar-refractivity contribution in [1.82, 2.24) is 0 Å². The van der Waals surface area contributed by atoms with Gasteiger partial charge in [-0.25, -0.2) is 4.20 Å². The van der Waals surface area contributed by atoms with Gasteiger partial charge in [-0.3, -0.25) is 9.13 Å². The van der Waals surface area contributed by atoms with Gasteiger partial charge in [-0.15, -0.1) is 11.8 Å². The van der Waals surface area contributed by atoms with E-state index >= 15 is 0 Å². The normalized spacial score (nSPS) is 17.0. The molecule has 2 N–H and O–H groups in total. The van der Waals surface area contributed by atoms with Crippen LogP contribution in [0.1, 0.15) is 38.8 Å². The Bertz CT molecular complexity index is 3500. The maximum absolute atomic E-state index is 14.1. The summed E-state index contributed by atoms with van der Waals surface area (Å²) in [7, 11) is -8.52. The molecule has 0 saturated heterocycles. The SMILES string of the molecule is CC#CC.CC(C)(c1ccc(OCC(O)CP2(=O)Oc3ccccc3-c3ccccc32)cc1)c1ccc(OCC(O)CP2(=O)Oc3ccccc3-c3ccccc32)cc1.O=[p+]1oc2ccccc2c2ccccc21. The van der Waals surface area contributed by atoms with Crippen LogP contribution >= 0.6 is 22.4 Å². The first-order valence-corrected chi connectivity index (χ1v) is 29.1. The molecule has 3 heterocycles. The highest BCUT2D eigenvalue weighted by Crippen LogP contribution is 2.56. The molecule has 2 aliphatic heterocycles. The zero-order chi connectivity index (χ0) is 51.9. The van der Waals surface area contributed by atoms with E-state index in [9.17, 15) is 23.9 Å². The highest BCUT2D eigenvalue weighted by Gasteiger charge is 2.39. The first-order valence-electron chi connectivity index (χ1n) is 24.3. The van der Waals surface area contributed by atoms with E-state index in [0.29, 0.717) is 39.2 Å². The molecule has 13 heteroatoms. The van der Waals surface area contributed by atoms with E-state index in [1.165, 1.54) is 0 Å². The van der Waals surface area contributed by atoms with Crippen LogP contribution in [0.15, 0.2) is 198 Å². The second-order valence-corrected chi connectivity index (χ2v) is 24.3. The van der Waals surface area contributed by atoms with Crippen molar-refractivity contribution >= 4 is 54.5 Å². The van der Waals surface area contributed by atoms with Gasteiger partial charge in [0.15, 0.2) is 5.58 Å². The summed E-state index contributed by atoms with van der Waals surface area (Å²) in [4.78, 5) is 0. The summed E-state index contributed by atoms with van der Waals surface area (Å²) < 4.78 is 69.3. The molecule has 5 unspecified atom stereocenters. The van der Waals surface area contributed by atoms with Gasteiger partial charge in [0.1, 0.15) is 36.2 Å². The quantitative estimate of drug-likeness (QED) is 0.0690. The van der Waals surface area contributed by atoms with Crippen molar-refractivity contribution in [3.05, 3.63) is 205 Å². The fourth-order valence-corrected chi connectivity index (χ4v) is 14.9. The Morgan fingerprint density at radius 2 is 0.905 bits per heavy atom. The minimum Gasteiger partial charge on any atom is -0.491 e.